The second-order valence-electron chi connectivity index (χ2n) is 5.19. The molecular formula is C18H22FN3O2. The number of ether oxygens (including phenoxy) is 2. The summed E-state index contributed by atoms with van der Waals surface area (Å²) in [5.74, 6) is 1.47. The number of aliphatic imine (C=N–C) groups is 1. The van der Waals surface area contributed by atoms with Gasteiger partial charge < -0.3 is 20.5 Å². The molecule has 2 aromatic carbocycles. The molecule has 128 valence electrons. The molecule has 2 aromatic rings. The average Bonchev–Trinajstić information content (AvgIpc) is 2.61. The van der Waals surface area contributed by atoms with Gasteiger partial charge in [-0.1, -0.05) is 18.2 Å². The zero-order valence-electron chi connectivity index (χ0n) is 13.9. The van der Waals surface area contributed by atoms with Crippen molar-refractivity contribution < 1.29 is 13.9 Å². The van der Waals surface area contributed by atoms with Crippen molar-refractivity contribution >= 4 is 5.96 Å². The Morgan fingerprint density at radius 3 is 2.38 bits per heavy atom. The number of rotatable bonds is 7. The third-order valence-corrected chi connectivity index (χ3v) is 3.51. The van der Waals surface area contributed by atoms with Crippen LogP contribution < -0.4 is 20.5 Å². The van der Waals surface area contributed by atoms with E-state index in [9.17, 15) is 4.39 Å². The summed E-state index contributed by atoms with van der Waals surface area (Å²) in [5.41, 5.74) is 7.87. The molecule has 6 heteroatoms. The lowest BCUT2D eigenvalue weighted by Gasteiger charge is -2.09. The standard InChI is InChI=1S/C18H22FN3O2/c1-23-16-8-5-14(11-17(16)24-2)12-22-18(20)21-10-9-13-3-6-15(19)7-4-13/h3-8,11H,9-10,12H2,1-2H3,(H3,20,21,22). The third-order valence-electron chi connectivity index (χ3n) is 3.51. The Labute approximate surface area is 141 Å². The number of nitrogens with zero attached hydrogens (tertiary/aromatic N) is 1. The highest BCUT2D eigenvalue weighted by Gasteiger charge is 2.04. The molecule has 0 aromatic heterocycles. The van der Waals surface area contributed by atoms with Crippen molar-refractivity contribution in [3.8, 4) is 11.5 Å². The summed E-state index contributed by atoms with van der Waals surface area (Å²) >= 11 is 0. The molecule has 24 heavy (non-hydrogen) atoms. The Bertz CT molecular complexity index is 687. The van der Waals surface area contributed by atoms with Gasteiger partial charge in [-0.05, 0) is 41.8 Å². The van der Waals surface area contributed by atoms with Gasteiger partial charge in [0.15, 0.2) is 17.5 Å². The molecule has 0 heterocycles. The van der Waals surface area contributed by atoms with Gasteiger partial charge >= 0.3 is 0 Å². The van der Waals surface area contributed by atoms with Crippen molar-refractivity contribution in [2.45, 2.75) is 13.0 Å². The number of hydrogen-bond acceptors (Lipinski definition) is 3. The molecule has 0 aliphatic carbocycles. The molecular weight excluding hydrogens is 309 g/mol. The molecule has 0 bridgehead atoms. The summed E-state index contributed by atoms with van der Waals surface area (Å²) in [5, 5.41) is 3.05. The predicted octanol–water partition coefficient (Wildman–Crippen LogP) is 2.49. The summed E-state index contributed by atoms with van der Waals surface area (Å²) in [6.45, 7) is 1.07. The maximum atomic E-state index is 12.8. The van der Waals surface area contributed by atoms with Crippen molar-refractivity contribution in [2.24, 2.45) is 10.7 Å². The minimum atomic E-state index is -0.234. The highest BCUT2D eigenvalue weighted by molar-refractivity contribution is 5.77. The highest BCUT2D eigenvalue weighted by atomic mass is 19.1. The Kier molecular flexibility index (Phi) is 6.42. The molecule has 5 nitrogen and oxygen atoms in total. The van der Waals surface area contributed by atoms with Crippen LogP contribution in [0.1, 0.15) is 11.1 Å². The summed E-state index contributed by atoms with van der Waals surface area (Å²) < 4.78 is 23.3. The molecule has 0 radical (unpaired) electrons. The van der Waals surface area contributed by atoms with Gasteiger partial charge in [0.1, 0.15) is 5.82 Å². The molecule has 0 amide bonds. The van der Waals surface area contributed by atoms with E-state index in [1.807, 2.05) is 18.2 Å². The van der Waals surface area contributed by atoms with Crippen LogP contribution in [0.15, 0.2) is 47.5 Å². The number of nitrogens with one attached hydrogen (secondary N) is 1. The average molecular weight is 331 g/mol. The summed E-state index contributed by atoms with van der Waals surface area (Å²) in [4.78, 5) is 4.30. The van der Waals surface area contributed by atoms with Gasteiger partial charge in [-0.25, -0.2) is 9.38 Å². The highest BCUT2D eigenvalue weighted by Crippen LogP contribution is 2.27. The lowest BCUT2D eigenvalue weighted by atomic mass is 10.1. The maximum absolute atomic E-state index is 12.8. The second kappa shape index (κ2) is 8.76. The maximum Gasteiger partial charge on any atom is 0.188 e. The fourth-order valence-corrected chi connectivity index (χ4v) is 2.20. The van der Waals surface area contributed by atoms with E-state index in [0.29, 0.717) is 30.5 Å². The van der Waals surface area contributed by atoms with Crippen LogP contribution in [0.5, 0.6) is 11.5 Å². The van der Waals surface area contributed by atoms with E-state index in [1.54, 1.807) is 26.4 Å². The molecule has 0 aliphatic heterocycles. The number of hydrogen-bond donors (Lipinski definition) is 2. The molecule has 0 saturated carbocycles. The predicted molar refractivity (Wildman–Crippen MR) is 93.0 cm³/mol. The van der Waals surface area contributed by atoms with E-state index in [4.69, 9.17) is 15.2 Å². The minimum Gasteiger partial charge on any atom is -0.493 e. The van der Waals surface area contributed by atoms with E-state index in [2.05, 4.69) is 10.3 Å². The number of benzene rings is 2. The number of nitrogens with two attached hydrogens (primary N) is 1. The molecule has 0 aliphatic rings. The zero-order chi connectivity index (χ0) is 17.4. The van der Waals surface area contributed by atoms with E-state index in [1.165, 1.54) is 12.1 Å². The van der Waals surface area contributed by atoms with Gasteiger partial charge in [0.2, 0.25) is 0 Å². The van der Waals surface area contributed by atoms with Crippen LogP contribution in [0.25, 0.3) is 0 Å². The van der Waals surface area contributed by atoms with E-state index >= 15 is 0 Å². The largest absolute Gasteiger partial charge is 0.493 e. The van der Waals surface area contributed by atoms with Gasteiger partial charge in [0, 0.05) is 6.54 Å². The molecule has 0 unspecified atom stereocenters. The van der Waals surface area contributed by atoms with Crippen molar-refractivity contribution in [1.29, 1.82) is 0 Å². The monoisotopic (exact) mass is 331 g/mol. The second-order valence-corrected chi connectivity index (χ2v) is 5.19. The Balaban J connectivity index is 1.84. The van der Waals surface area contributed by atoms with E-state index < -0.39 is 0 Å². The molecule has 0 saturated heterocycles. The van der Waals surface area contributed by atoms with Crippen LogP contribution in [-0.4, -0.2) is 26.7 Å². The zero-order valence-corrected chi connectivity index (χ0v) is 13.9. The van der Waals surface area contributed by atoms with Crippen LogP contribution in [0.4, 0.5) is 4.39 Å². The first-order valence-electron chi connectivity index (χ1n) is 7.61. The van der Waals surface area contributed by atoms with Crippen LogP contribution in [0.3, 0.4) is 0 Å². The van der Waals surface area contributed by atoms with Crippen molar-refractivity contribution in [3.63, 3.8) is 0 Å². The van der Waals surface area contributed by atoms with Crippen LogP contribution in [-0.2, 0) is 13.0 Å². The fourth-order valence-electron chi connectivity index (χ4n) is 2.20. The van der Waals surface area contributed by atoms with E-state index in [-0.39, 0.29) is 5.82 Å². The molecule has 0 atom stereocenters. The Hall–Kier alpha value is -2.76. The lowest BCUT2D eigenvalue weighted by molar-refractivity contribution is 0.354. The van der Waals surface area contributed by atoms with Gasteiger partial charge in [-0.15, -0.1) is 0 Å². The van der Waals surface area contributed by atoms with Crippen molar-refractivity contribution in [3.05, 3.63) is 59.4 Å². The molecule has 0 fully saturated rings. The first kappa shape index (κ1) is 17.6. The third kappa shape index (κ3) is 5.15. The molecule has 2 rings (SSSR count). The lowest BCUT2D eigenvalue weighted by Crippen LogP contribution is -2.33. The number of halogens is 1. The van der Waals surface area contributed by atoms with E-state index in [0.717, 1.165) is 17.5 Å². The summed E-state index contributed by atoms with van der Waals surface area (Å²) in [6, 6.07) is 12.0. The molecule has 3 N–H and O–H groups in total. The fraction of sp³-hybridized carbons (Fsp3) is 0.278. The van der Waals surface area contributed by atoms with Gasteiger partial charge in [0.25, 0.3) is 0 Å². The van der Waals surface area contributed by atoms with Crippen LogP contribution >= 0.6 is 0 Å². The topological polar surface area (TPSA) is 68.9 Å². The first-order chi connectivity index (χ1) is 11.6. The van der Waals surface area contributed by atoms with Crippen LogP contribution in [0, 0.1) is 5.82 Å². The van der Waals surface area contributed by atoms with Crippen LogP contribution in [0.2, 0.25) is 0 Å². The Morgan fingerprint density at radius 1 is 1.04 bits per heavy atom. The Morgan fingerprint density at radius 2 is 1.71 bits per heavy atom. The quantitative estimate of drug-likeness (QED) is 0.604. The minimum absolute atomic E-state index is 0.234. The molecule has 0 spiro atoms. The SMILES string of the molecule is COc1ccc(CN=C(N)NCCc2ccc(F)cc2)cc1OC. The number of methoxy groups -OCH3 is 2. The summed E-state index contributed by atoms with van der Waals surface area (Å²) in [6.07, 6.45) is 0.743. The van der Waals surface area contributed by atoms with Gasteiger partial charge in [-0.2, -0.15) is 0 Å². The number of guanidine groups is 1. The summed E-state index contributed by atoms with van der Waals surface area (Å²) in [7, 11) is 3.19. The van der Waals surface area contributed by atoms with Gasteiger partial charge in [-0.3, -0.25) is 0 Å². The normalized spacial score (nSPS) is 11.2. The van der Waals surface area contributed by atoms with Crippen molar-refractivity contribution in [1.82, 2.24) is 5.32 Å². The van der Waals surface area contributed by atoms with Gasteiger partial charge in [0.05, 0.1) is 20.8 Å². The van der Waals surface area contributed by atoms with Crippen molar-refractivity contribution in [2.75, 3.05) is 20.8 Å². The first-order valence-corrected chi connectivity index (χ1v) is 7.61. The smallest absolute Gasteiger partial charge is 0.188 e.